The molecule has 0 aliphatic carbocycles. The molecule has 0 fully saturated rings. The summed E-state index contributed by atoms with van der Waals surface area (Å²) in [5, 5.41) is 4.17. The summed E-state index contributed by atoms with van der Waals surface area (Å²) in [5.41, 5.74) is 5.68. The predicted molar refractivity (Wildman–Crippen MR) is 132 cm³/mol. The van der Waals surface area contributed by atoms with Crippen LogP contribution in [0.1, 0.15) is 11.1 Å². The van der Waals surface area contributed by atoms with E-state index in [2.05, 4.69) is 47.9 Å². The third kappa shape index (κ3) is 3.03. The molecule has 6 aromatic rings. The number of nitrogens with zero attached hydrogens (tertiary/aromatic N) is 2. The van der Waals surface area contributed by atoms with Crippen LogP contribution in [-0.4, -0.2) is 9.97 Å². The van der Waals surface area contributed by atoms with Gasteiger partial charge in [0.1, 0.15) is 0 Å². The van der Waals surface area contributed by atoms with Crippen LogP contribution >= 0.6 is 0 Å². The van der Waals surface area contributed by atoms with Crippen LogP contribution in [0.4, 0.5) is 0 Å². The summed E-state index contributed by atoms with van der Waals surface area (Å²) in [7, 11) is 0. The largest absolute Gasteiger partial charge is 0.248 e. The summed E-state index contributed by atoms with van der Waals surface area (Å²) >= 11 is 0. The molecule has 0 radical (unpaired) electrons. The van der Waals surface area contributed by atoms with E-state index in [4.69, 9.17) is 9.97 Å². The second-order valence-corrected chi connectivity index (χ2v) is 7.54. The van der Waals surface area contributed by atoms with Crippen molar-refractivity contribution in [2.45, 2.75) is 0 Å². The Hall–Kier alpha value is -4.66. The first-order valence-corrected chi connectivity index (χ1v) is 10.5. The van der Waals surface area contributed by atoms with Crippen LogP contribution in [0.15, 0.2) is 97.1 Å². The number of fused-ring (bicyclic) bond motifs is 4. The van der Waals surface area contributed by atoms with Crippen molar-refractivity contribution in [3.05, 3.63) is 108 Å². The van der Waals surface area contributed by atoms with Gasteiger partial charge in [0.2, 0.25) is 0 Å². The molecule has 2 heterocycles. The number of hydrogen-bond acceptors (Lipinski definition) is 2. The molecule has 0 saturated carbocycles. The standard InChI is InChI=1S/C30H16N2/c1(11-21-23-13-3-7-17-27(23)31-28-18-8-4-14-24(21)28)2-12-22-25-15-5-9-19-29(25)32-30-20-10-6-16-26(22)30/h3-10,13-20H. The van der Waals surface area contributed by atoms with Crippen molar-refractivity contribution in [2.24, 2.45) is 0 Å². The normalized spacial score (nSPS) is 10.6. The highest BCUT2D eigenvalue weighted by Crippen LogP contribution is 2.26. The van der Waals surface area contributed by atoms with Gasteiger partial charge in [-0.25, -0.2) is 9.97 Å². The maximum atomic E-state index is 4.77. The topological polar surface area (TPSA) is 25.8 Å². The molecule has 0 atom stereocenters. The molecule has 2 aromatic heterocycles. The smallest absolute Gasteiger partial charge is 0.0722 e. The van der Waals surface area contributed by atoms with Gasteiger partial charge in [0.25, 0.3) is 0 Å². The molecule has 0 saturated heterocycles. The lowest BCUT2D eigenvalue weighted by atomic mass is 10.0. The quantitative estimate of drug-likeness (QED) is 0.214. The van der Waals surface area contributed by atoms with Crippen LogP contribution in [0.2, 0.25) is 0 Å². The maximum absolute atomic E-state index is 4.77. The number of benzene rings is 4. The molecule has 0 amide bonds. The van der Waals surface area contributed by atoms with Crippen molar-refractivity contribution in [3.8, 4) is 23.7 Å². The minimum atomic E-state index is 0.939. The fraction of sp³-hybridized carbons (Fsp3) is 0. The Morgan fingerprint density at radius 2 is 0.656 bits per heavy atom. The van der Waals surface area contributed by atoms with Crippen LogP contribution in [0.25, 0.3) is 43.6 Å². The molecular formula is C30H16N2. The Balaban J connectivity index is 1.55. The fourth-order valence-electron chi connectivity index (χ4n) is 4.14. The summed E-state index contributed by atoms with van der Waals surface area (Å²) in [6.45, 7) is 0. The van der Waals surface area contributed by atoms with Crippen LogP contribution in [0.3, 0.4) is 0 Å². The Labute approximate surface area is 185 Å². The van der Waals surface area contributed by atoms with Crippen molar-refractivity contribution in [2.75, 3.05) is 0 Å². The van der Waals surface area contributed by atoms with Gasteiger partial charge in [0.15, 0.2) is 0 Å². The van der Waals surface area contributed by atoms with E-state index in [1.165, 1.54) is 0 Å². The van der Waals surface area contributed by atoms with Crippen molar-refractivity contribution in [1.82, 2.24) is 9.97 Å². The van der Waals surface area contributed by atoms with Crippen molar-refractivity contribution < 1.29 is 0 Å². The summed E-state index contributed by atoms with van der Waals surface area (Å²) in [4.78, 5) is 9.54. The molecule has 6 rings (SSSR count). The lowest BCUT2D eigenvalue weighted by Gasteiger charge is -2.05. The fourth-order valence-corrected chi connectivity index (χ4v) is 4.14. The average molecular weight is 404 g/mol. The Kier molecular flexibility index (Phi) is 4.28. The third-order valence-electron chi connectivity index (χ3n) is 5.61. The lowest BCUT2D eigenvalue weighted by Crippen LogP contribution is -1.88. The summed E-state index contributed by atoms with van der Waals surface area (Å²) < 4.78 is 0. The first-order chi connectivity index (χ1) is 15.9. The van der Waals surface area contributed by atoms with Gasteiger partial charge >= 0.3 is 0 Å². The van der Waals surface area contributed by atoms with Crippen LogP contribution in [-0.2, 0) is 0 Å². The molecule has 2 heteroatoms. The number of aromatic nitrogens is 2. The molecule has 4 aromatic carbocycles. The first kappa shape index (κ1) is 18.1. The second-order valence-electron chi connectivity index (χ2n) is 7.54. The molecular weight excluding hydrogens is 388 g/mol. The van der Waals surface area contributed by atoms with Crippen molar-refractivity contribution in [1.29, 1.82) is 0 Å². The zero-order valence-corrected chi connectivity index (χ0v) is 17.1. The van der Waals surface area contributed by atoms with Gasteiger partial charge in [-0.05, 0) is 36.1 Å². The molecule has 0 bridgehead atoms. The highest BCUT2D eigenvalue weighted by molar-refractivity contribution is 6.01. The third-order valence-corrected chi connectivity index (χ3v) is 5.61. The Bertz CT molecular complexity index is 1550. The molecule has 146 valence electrons. The van der Waals surface area contributed by atoms with Gasteiger partial charge in [-0.3, -0.25) is 0 Å². The summed E-state index contributed by atoms with van der Waals surface area (Å²) in [6, 6.07) is 32.4. The summed E-state index contributed by atoms with van der Waals surface area (Å²) in [5.74, 6) is 12.8. The van der Waals surface area contributed by atoms with E-state index in [1.807, 2.05) is 72.8 Å². The predicted octanol–water partition coefficient (Wildman–Crippen LogP) is 6.49. The highest BCUT2D eigenvalue weighted by atomic mass is 14.7. The van der Waals surface area contributed by atoms with E-state index >= 15 is 0 Å². The van der Waals surface area contributed by atoms with Crippen molar-refractivity contribution in [3.63, 3.8) is 0 Å². The number of pyridine rings is 2. The maximum Gasteiger partial charge on any atom is 0.0722 e. The van der Waals surface area contributed by atoms with Gasteiger partial charge in [-0.2, -0.15) is 0 Å². The number of para-hydroxylation sites is 4. The second kappa shape index (κ2) is 7.55. The van der Waals surface area contributed by atoms with Gasteiger partial charge in [-0.15, -0.1) is 0 Å². The number of rotatable bonds is 0. The van der Waals surface area contributed by atoms with E-state index < -0.39 is 0 Å². The Morgan fingerprint density at radius 3 is 0.969 bits per heavy atom. The molecule has 32 heavy (non-hydrogen) atoms. The highest BCUT2D eigenvalue weighted by Gasteiger charge is 2.07. The summed E-state index contributed by atoms with van der Waals surface area (Å²) in [6.07, 6.45) is 0. The minimum Gasteiger partial charge on any atom is -0.248 e. The molecule has 2 nitrogen and oxygen atoms in total. The van der Waals surface area contributed by atoms with Crippen LogP contribution in [0, 0.1) is 23.7 Å². The van der Waals surface area contributed by atoms with E-state index in [0.717, 1.165) is 54.7 Å². The molecule has 0 aliphatic heterocycles. The van der Waals surface area contributed by atoms with Crippen LogP contribution < -0.4 is 0 Å². The average Bonchev–Trinajstić information content (AvgIpc) is 2.85. The first-order valence-electron chi connectivity index (χ1n) is 10.5. The van der Waals surface area contributed by atoms with Gasteiger partial charge in [-0.1, -0.05) is 84.6 Å². The zero-order valence-electron chi connectivity index (χ0n) is 17.1. The molecule has 0 N–H and O–H groups in total. The van der Waals surface area contributed by atoms with Gasteiger partial charge in [0, 0.05) is 32.7 Å². The minimum absolute atomic E-state index is 0.939. The van der Waals surface area contributed by atoms with Gasteiger partial charge < -0.3 is 0 Å². The molecule has 0 spiro atoms. The zero-order chi connectivity index (χ0) is 21.3. The van der Waals surface area contributed by atoms with E-state index in [0.29, 0.717) is 0 Å². The van der Waals surface area contributed by atoms with E-state index in [1.54, 1.807) is 0 Å². The van der Waals surface area contributed by atoms with Gasteiger partial charge in [0.05, 0.1) is 22.1 Å². The molecule has 0 aliphatic rings. The van der Waals surface area contributed by atoms with E-state index in [9.17, 15) is 0 Å². The number of hydrogen-bond donors (Lipinski definition) is 0. The monoisotopic (exact) mass is 404 g/mol. The molecule has 0 unspecified atom stereocenters. The Morgan fingerprint density at radius 1 is 0.375 bits per heavy atom. The lowest BCUT2D eigenvalue weighted by molar-refractivity contribution is 1.49. The van der Waals surface area contributed by atoms with Crippen molar-refractivity contribution >= 4 is 43.6 Å². The SMILES string of the molecule is C(C#Cc1c2ccccc2nc2ccccc12)#Cc1c2ccccc2nc2ccccc12. The van der Waals surface area contributed by atoms with E-state index in [-0.39, 0.29) is 0 Å². The van der Waals surface area contributed by atoms with Crippen LogP contribution in [0.5, 0.6) is 0 Å².